The van der Waals surface area contributed by atoms with Crippen LogP contribution in [0.3, 0.4) is 0 Å². The van der Waals surface area contributed by atoms with Crippen molar-refractivity contribution in [3.8, 4) is 11.4 Å². The topological polar surface area (TPSA) is 62.2 Å². The van der Waals surface area contributed by atoms with E-state index in [1.807, 2.05) is 24.3 Å². The van der Waals surface area contributed by atoms with E-state index in [9.17, 15) is 4.79 Å². The summed E-state index contributed by atoms with van der Waals surface area (Å²) in [6.45, 7) is 6.81. The number of morpholine rings is 1. The Morgan fingerprint density at radius 1 is 1.28 bits per heavy atom. The Balaban J connectivity index is 1.56. The van der Waals surface area contributed by atoms with Crippen molar-refractivity contribution in [3.05, 3.63) is 45.1 Å². The molecule has 1 fully saturated rings. The number of nitrogens with one attached hydrogen (secondary N) is 2. The Hall–Kier alpha value is -1.91. The Bertz CT molecular complexity index is 1170. The molecule has 7 nitrogen and oxygen atoms in total. The largest absolute Gasteiger partial charge is 0.497 e. The number of likely N-dealkylation sites (N-methyl/N-ethyl adjacent to an activating group) is 1. The molecule has 2 aromatic heterocycles. The van der Waals surface area contributed by atoms with Gasteiger partial charge in [0.1, 0.15) is 30.2 Å². The third kappa shape index (κ3) is 4.32. The summed E-state index contributed by atoms with van der Waals surface area (Å²) in [4.78, 5) is 24.2. The lowest BCUT2D eigenvalue weighted by Gasteiger charge is -2.23. The Morgan fingerprint density at radius 3 is 2.94 bits per heavy atom. The standard InChI is InChI=1S/C23H28N4O3S2/c1-25-7-6-18-19(15-25)32-21-20(18)22(28)27(16-4-3-5-17(14-16)29-2)23(24-21)31-13-10-26-8-11-30-12-9-26/h3-5,14H,6-13,15H2,1-2H3/p+2. The minimum atomic E-state index is 0.0431. The predicted molar refractivity (Wildman–Crippen MR) is 128 cm³/mol. The fraction of sp³-hybridized carbons (Fsp3) is 0.478. The van der Waals surface area contributed by atoms with Crippen molar-refractivity contribution >= 4 is 33.3 Å². The first-order valence-corrected chi connectivity index (χ1v) is 13.0. The van der Waals surface area contributed by atoms with Gasteiger partial charge in [-0.2, -0.15) is 0 Å². The van der Waals surface area contributed by atoms with Crippen molar-refractivity contribution in [2.24, 2.45) is 0 Å². The first kappa shape index (κ1) is 21.9. The molecule has 1 unspecified atom stereocenters. The normalized spacial score (nSPS) is 19.2. The maximum atomic E-state index is 13.9. The number of ether oxygens (including phenoxy) is 2. The third-order valence-electron chi connectivity index (χ3n) is 6.34. The van der Waals surface area contributed by atoms with E-state index in [-0.39, 0.29) is 5.56 Å². The predicted octanol–water partition coefficient (Wildman–Crippen LogP) is 0.0338. The van der Waals surface area contributed by atoms with Crippen molar-refractivity contribution in [1.29, 1.82) is 0 Å². The van der Waals surface area contributed by atoms with Crippen LogP contribution in [0.2, 0.25) is 0 Å². The van der Waals surface area contributed by atoms with Crippen molar-refractivity contribution in [1.82, 2.24) is 9.55 Å². The molecule has 1 saturated heterocycles. The minimum Gasteiger partial charge on any atom is -0.497 e. The summed E-state index contributed by atoms with van der Waals surface area (Å²) >= 11 is 3.38. The summed E-state index contributed by atoms with van der Waals surface area (Å²) in [5.74, 6) is 1.65. The molecule has 5 rings (SSSR count). The molecule has 1 aromatic carbocycles. The van der Waals surface area contributed by atoms with E-state index < -0.39 is 0 Å². The highest BCUT2D eigenvalue weighted by Crippen LogP contribution is 2.32. The summed E-state index contributed by atoms with van der Waals surface area (Å²) in [5.41, 5.74) is 2.06. The molecule has 0 spiro atoms. The Kier molecular flexibility index (Phi) is 6.52. The monoisotopic (exact) mass is 474 g/mol. The number of aromatic nitrogens is 2. The Labute approximate surface area is 195 Å². The zero-order chi connectivity index (χ0) is 22.1. The van der Waals surface area contributed by atoms with Gasteiger partial charge in [-0.3, -0.25) is 9.36 Å². The second-order valence-corrected chi connectivity index (χ2v) is 10.7. The van der Waals surface area contributed by atoms with Gasteiger partial charge in [0.25, 0.3) is 5.56 Å². The van der Waals surface area contributed by atoms with Crippen LogP contribution in [-0.2, 0) is 17.7 Å². The smallest absolute Gasteiger partial charge is 0.267 e. The van der Waals surface area contributed by atoms with Crippen LogP contribution >= 0.6 is 23.1 Å². The number of quaternary nitrogens is 2. The number of rotatable bonds is 6. The highest BCUT2D eigenvalue weighted by Gasteiger charge is 2.26. The van der Waals surface area contributed by atoms with Crippen LogP contribution in [0.5, 0.6) is 5.75 Å². The van der Waals surface area contributed by atoms with Gasteiger partial charge in [0.15, 0.2) is 5.16 Å². The number of hydrogen-bond acceptors (Lipinski definition) is 6. The van der Waals surface area contributed by atoms with E-state index in [1.54, 1.807) is 39.7 Å². The molecule has 0 aliphatic carbocycles. The molecule has 32 heavy (non-hydrogen) atoms. The lowest BCUT2D eigenvalue weighted by molar-refractivity contribution is -0.905. The van der Waals surface area contributed by atoms with Crippen LogP contribution < -0.4 is 20.1 Å². The second-order valence-electron chi connectivity index (χ2n) is 8.52. The van der Waals surface area contributed by atoms with Gasteiger partial charge >= 0.3 is 0 Å². The number of thiophene rings is 1. The fourth-order valence-electron chi connectivity index (χ4n) is 4.51. The van der Waals surface area contributed by atoms with Gasteiger partial charge < -0.3 is 19.3 Å². The van der Waals surface area contributed by atoms with Gasteiger partial charge in [0.05, 0.1) is 62.2 Å². The number of thioether (sulfide) groups is 1. The van der Waals surface area contributed by atoms with E-state index in [1.165, 1.54) is 15.3 Å². The molecule has 4 heterocycles. The van der Waals surface area contributed by atoms with E-state index in [2.05, 4.69) is 7.05 Å². The summed E-state index contributed by atoms with van der Waals surface area (Å²) in [6.07, 6.45) is 0.934. The SMILES string of the molecule is COc1cccc(-n2c(SCC[NH+]3CCOCC3)nc3sc4c(c3c2=O)CC[NH+](C)C4)c1. The molecule has 0 saturated carbocycles. The molecule has 1 atom stereocenters. The average Bonchev–Trinajstić information content (AvgIpc) is 3.17. The summed E-state index contributed by atoms with van der Waals surface area (Å²) in [6, 6.07) is 7.72. The summed E-state index contributed by atoms with van der Waals surface area (Å²) in [5, 5.41) is 1.58. The fourth-order valence-corrected chi connectivity index (χ4v) is 6.94. The quantitative estimate of drug-likeness (QED) is 0.390. The highest BCUT2D eigenvalue weighted by atomic mass is 32.2. The zero-order valence-corrected chi connectivity index (χ0v) is 20.2. The average molecular weight is 475 g/mol. The molecule has 9 heteroatoms. The van der Waals surface area contributed by atoms with Crippen molar-refractivity contribution in [2.75, 3.05) is 59.3 Å². The zero-order valence-electron chi connectivity index (χ0n) is 18.6. The van der Waals surface area contributed by atoms with Crippen molar-refractivity contribution < 1.29 is 19.3 Å². The van der Waals surface area contributed by atoms with E-state index in [4.69, 9.17) is 14.5 Å². The molecule has 0 radical (unpaired) electrons. The van der Waals surface area contributed by atoms with E-state index in [0.717, 1.165) is 84.9 Å². The summed E-state index contributed by atoms with van der Waals surface area (Å²) < 4.78 is 12.7. The number of benzene rings is 1. The molecule has 170 valence electrons. The molecule has 0 bridgehead atoms. The molecular weight excluding hydrogens is 444 g/mol. The van der Waals surface area contributed by atoms with Gasteiger partial charge in [-0.05, 0) is 17.7 Å². The molecule has 3 aromatic rings. The first-order chi connectivity index (χ1) is 15.6. The van der Waals surface area contributed by atoms with E-state index in [0.29, 0.717) is 0 Å². The van der Waals surface area contributed by atoms with Crippen molar-refractivity contribution in [2.45, 2.75) is 18.1 Å². The lowest BCUT2D eigenvalue weighted by atomic mass is 10.1. The van der Waals surface area contributed by atoms with Gasteiger partial charge in [0, 0.05) is 12.5 Å². The number of hydrogen-bond donors (Lipinski definition) is 2. The molecule has 2 aliphatic rings. The van der Waals surface area contributed by atoms with Crippen LogP contribution in [0.15, 0.2) is 34.2 Å². The van der Waals surface area contributed by atoms with Crippen LogP contribution in [0, 0.1) is 0 Å². The van der Waals surface area contributed by atoms with Gasteiger partial charge in [0.2, 0.25) is 0 Å². The first-order valence-electron chi connectivity index (χ1n) is 11.2. The van der Waals surface area contributed by atoms with Crippen LogP contribution in [0.1, 0.15) is 10.4 Å². The minimum absolute atomic E-state index is 0.0431. The van der Waals surface area contributed by atoms with Crippen molar-refractivity contribution in [3.63, 3.8) is 0 Å². The highest BCUT2D eigenvalue weighted by molar-refractivity contribution is 7.99. The Morgan fingerprint density at radius 2 is 2.12 bits per heavy atom. The van der Waals surface area contributed by atoms with Crippen LogP contribution in [-0.4, -0.2) is 68.9 Å². The van der Waals surface area contributed by atoms with Gasteiger partial charge in [-0.25, -0.2) is 4.98 Å². The number of fused-ring (bicyclic) bond motifs is 3. The number of methoxy groups -OCH3 is 1. The molecule has 2 N–H and O–H groups in total. The number of nitrogens with zero attached hydrogens (tertiary/aromatic N) is 2. The maximum absolute atomic E-state index is 13.9. The van der Waals surface area contributed by atoms with E-state index >= 15 is 0 Å². The maximum Gasteiger partial charge on any atom is 0.267 e. The van der Waals surface area contributed by atoms with Gasteiger partial charge in [-0.1, -0.05) is 17.8 Å². The van der Waals surface area contributed by atoms with Gasteiger partial charge in [-0.15, -0.1) is 11.3 Å². The third-order valence-corrected chi connectivity index (χ3v) is 8.41. The molecule has 0 amide bonds. The molecular formula is C23H30N4O3S2+2. The lowest BCUT2D eigenvalue weighted by Crippen LogP contribution is -3.14. The van der Waals surface area contributed by atoms with Crippen LogP contribution in [0.25, 0.3) is 15.9 Å². The second kappa shape index (κ2) is 9.52. The van der Waals surface area contributed by atoms with Crippen LogP contribution in [0.4, 0.5) is 0 Å². The summed E-state index contributed by atoms with van der Waals surface area (Å²) in [7, 11) is 3.86. The molecule has 2 aliphatic heterocycles.